The van der Waals surface area contributed by atoms with Crippen molar-refractivity contribution in [3.8, 4) is 5.75 Å². The Kier molecular flexibility index (Phi) is 5.81. The molecule has 0 atom stereocenters. The fourth-order valence-corrected chi connectivity index (χ4v) is 2.67. The zero-order valence-electron chi connectivity index (χ0n) is 14.0. The fraction of sp³-hybridized carbons (Fsp3) is 0.158. The van der Waals surface area contributed by atoms with Crippen molar-refractivity contribution in [3.05, 3.63) is 75.9 Å². The number of hydrogen-bond acceptors (Lipinski definition) is 4. The summed E-state index contributed by atoms with van der Waals surface area (Å²) in [5.41, 5.74) is 0.537. The number of benzene rings is 1. The molecule has 0 bridgehead atoms. The van der Waals surface area contributed by atoms with Gasteiger partial charge in [0.05, 0.1) is 5.02 Å². The summed E-state index contributed by atoms with van der Waals surface area (Å²) in [4.78, 5) is 12.2. The van der Waals surface area contributed by atoms with Crippen molar-refractivity contribution < 1.29 is 13.9 Å². The highest BCUT2D eigenvalue weighted by atomic mass is 35.5. The molecule has 0 saturated heterocycles. The van der Waals surface area contributed by atoms with Gasteiger partial charge in [-0.1, -0.05) is 23.2 Å². The van der Waals surface area contributed by atoms with Gasteiger partial charge in [0, 0.05) is 23.8 Å². The summed E-state index contributed by atoms with van der Waals surface area (Å²) < 4.78 is 12.9. The summed E-state index contributed by atoms with van der Waals surface area (Å²) in [6.07, 6.45) is 4.68. The van der Waals surface area contributed by atoms with E-state index in [2.05, 4.69) is 5.10 Å². The third kappa shape index (κ3) is 4.36. The molecule has 7 heteroatoms. The van der Waals surface area contributed by atoms with E-state index in [1.807, 2.05) is 6.92 Å². The van der Waals surface area contributed by atoms with E-state index < -0.39 is 0 Å². The number of rotatable bonds is 7. The van der Waals surface area contributed by atoms with Gasteiger partial charge < -0.3 is 9.15 Å². The second kappa shape index (κ2) is 8.25. The highest BCUT2D eigenvalue weighted by Gasteiger charge is 2.09. The third-order valence-electron chi connectivity index (χ3n) is 3.61. The Morgan fingerprint density at radius 3 is 2.92 bits per heavy atom. The van der Waals surface area contributed by atoms with Gasteiger partial charge in [-0.2, -0.15) is 5.10 Å². The number of aryl methyl sites for hydroxylation is 1. The lowest BCUT2D eigenvalue weighted by Crippen LogP contribution is -2.07. The van der Waals surface area contributed by atoms with E-state index in [4.69, 9.17) is 32.4 Å². The molecule has 0 radical (unpaired) electrons. The number of furan rings is 1. The molecule has 0 unspecified atom stereocenters. The first-order chi connectivity index (χ1) is 12.6. The molecule has 0 aliphatic heterocycles. The topological polar surface area (TPSA) is 57.3 Å². The van der Waals surface area contributed by atoms with Crippen LogP contribution in [0.15, 0.2) is 53.1 Å². The number of carbonyl (C=O) groups is 1. The van der Waals surface area contributed by atoms with Crippen LogP contribution in [0.5, 0.6) is 5.75 Å². The van der Waals surface area contributed by atoms with Gasteiger partial charge in [0.1, 0.15) is 29.6 Å². The highest BCUT2D eigenvalue weighted by Crippen LogP contribution is 2.28. The molecular formula is C19H16Cl2N2O3. The molecule has 2 aromatic heterocycles. The molecular weight excluding hydrogens is 375 g/mol. The number of allylic oxidation sites excluding steroid dienone is 1. The van der Waals surface area contributed by atoms with Gasteiger partial charge in [0.15, 0.2) is 0 Å². The lowest BCUT2D eigenvalue weighted by atomic mass is 10.2. The predicted octanol–water partition coefficient (Wildman–Crippen LogP) is 5.28. The highest BCUT2D eigenvalue weighted by molar-refractivity contribution is 6.34. The number of halogens is 2. The standard InChI is InChI=1S/C19H16Cl2N2O3/c1-2-23-17(9-10-22-23)18(24)8-6-14-4-5-15(26-14)12-25-19-11-13(20)3-7-16(19)21/h3-11H,2,12H2,1H3/b8-6+. The Labute approximate surface area is 160 Å². The van der Waals surface area contributed by atoms with Gasteiger partial charge in [-0.15, -0.1) is 0 Å². The van der Waals surface area contributed by atoms with Gasteiger partial charge in [0.2, 0.25) is 5.78 Å². The summed E-state index contributed by atoms with van der Waals surface area (Å²) in [5.74, 6) is 1.50. The fourth-order valence-electron chi connectivity index (χ4n) is 2.34. The number of hydrogen-bond donors (Lipinski definition) is 0. The minimum absolute atomic E-state index is 0.135. The SMILES string of the molecule is CCn1nccc1C(=O)/C=C/c1ccc(COc2cc(Cl)ccc2Cl)o1. The van der Waals surface area contributed by atoms with Crippen LogP contribution in [0.4, 0.5) is 0 Å². The Morgan fingerprint density at radius 2 is 2.12 bits per heavy atom. The summed E-state index contributed by atoms with van der Waals surface area (Å²) in [6.45, 7) is 2.76. The van der Waals surface area contributed by atoms with Crippen LogP contribution in [-0.4, -0.2) is 15.6 Å². The van der Waals surface area contributed by atoms with E-state index >= 15 is 0 Å². The first kappa shape index (κ1) is 18.3. The van der Waals surface area contributed by atoms with Gasteiger partial charge in [-0.25, -0.2) is 0 Å². The molecule has 0 spiro atoms. The molecule has 26 heavy (non-hydrogen) atoms. The van der Waals surface area contributed by atoms with E-state index in [1.54, 1.807) is 53.4 Å². The molecule has 0 saturated carbocycles. The van der Waals surface area contributed by atoms with Crippen molar-refractivity contribution in [1.29, 1.82) is 0 Å². The number of aromatic nitrogens is 2. The molecule has 5 nitrogen and oxygen atoms in total. The second-order valence-corrected chi connectivity index (χ2v) is 6.24. The van der Waals surface area contributed by atoms with Crippen LogP contribution >= 0.6 is 23.2 Å². The smallest absolute Gasteiger partial charge is 0.203 e. The van der Waals surface area contributed by atoms with E-state index in [0.717, 1.165) is 0 Å². The van der Waals surface area contributed by atoms with Crippen LogP contribution in [0, 0.1) is 0 Å². The largest absolute Gasteiger partial charge is 0.484 e. The summed E-state index contributed by atoms with van der Waals surface area (Å²) in [7, 11) is 0. The van der Waals surface area contributed by atoms with Crippen molar-refractivity contribution >= 4 is 35.1 Å². The second-order valence-electron chi connectivity index (χ2n) is 5.40. The van der Waals surface area contributed by atoms with Gasteiger partial charge in [-0.3, -0.25) is 9.48 Å². The first-order valence-corrected chi connectivity index (χ1v) is 8.73. The first-order valence-electron chi connectivity index (χ1n) is 7.97. The molecule has 2 heterocycles. The molecule has 3 rings (SSSR count). The maximum absolute atomic E-state index is 12.2. The minimum atomic E-state index is -0.135. The molecule has 0 N–H and O–H groups in total. The third-order valence-corrected chi connectivity index (χ3v) is 4.16. The molecule has 3 aromatic rings. The molecule has 0 amide bonds. The summed E-state index contributed by atoms with van der Waals surface area (Å²) >= 11 is 12.0. The predicted molar refractivity (Wildman–Crippen MR) is 101 cm³/mol. The lowest BCUT2D eigenvalue weighted by Gasteiger charge is -2.06. The number of ketones is 1. The summed E-state index contributed by atoms with van der Waals surface area (Å²) in [5, 5.41) is 5.09. The Morgan fingerprint density at radius 1 is 1.27 bits per heavy atom. The lowest BCUT2D eigenvalue weighted by molar-refractivity contribution is 0.103. The van der Waals surface area contributed by atoms with E-state index in [9.17, 15) is 4.79 Å². The van der Waals surface area contributed by atoms with Crippen molar-refractivity contribution in [3.63, 3.8) is 0 Å². The Bertz CT molecular complexity index is 944. The van der Waals surface area contributed by atoms with Gasteiger partial charge in [0.25, 0.3) is 0 Å². The zero-order valence-corrected chi connectivity index (χ0v) is 15.5. The number of ether oxygens (including phenoxy) is 1. The Hall–Kier alpha value is -2.50. The van der Waals surface area contributed by atoms with Crippen LogP contribution < -0.4 is 4.74 Å². The van der Waals surface area contributed by atoms with E-state index in [0.29, 0.717) is 39.6 Å². The average molecular weight is 391 g/mol. The maximum Gasteiger partial charge on any atom is 0.203 e. The van der Waals surface area contributed by atoms with Crippen molar-refractivity contribution in [2.75, 3.05) is 0 Å². The van der Waals surface area contributed by atoms with E-state index in [-0.39, 0.29) is 12.4 Å². The van der Waals surface area contributed by atoms with Crippen LogP contribution in [0.3, 0.4) is 0 Å². The number of carbonyl (C=O) groups excluding carboxylic acids is 1. The van der Waals surface area contributed by atoms with Crippen LogP contribution in [0.25, 0.3) is 6.08 Å². The average Bonchev–Trinajstić information content (AvgIpc) is 3.29. The van der Waals surface area contributed by atoms with Crippen molar-refractivity contribution in [1.82, 2.24) is 9.78 Å². The quantitative estimate of drug-likeness (QED) is 0.406. The molecule has 1 aromatic carbocycles. The van der Waals surface area contributed by atoms with Gasteiger partial charge >= 0.3 is 0 Å². The van der Waals surface area contributed by atoms with Crippen LogP contribution in [-0.2, 0) is 13.2 Å². The van der Waals surface area contributed by atoms with Crippen molar-refractivity contribution in [2.45, 2.75) is 20.1 Å². The van der Waals surface area contributed by atoms with Gasteiger partial charge in [-0.05, 0) is 49.4 Å². The molecule has 0 fully saturated rings. The molecule has 0 aliphatic carbocycles. The van der Waals surface area contributed by atoms with Crippen LogP contribution in [0.2, 0.25) is 10.0 Å². The molecule has 134 valence electrons. The maximum atomic E-state index is 12.2. The zero-order chi connectivity index (χ0) is 18.5. The summed E-state index contributed by atoms with van der Waals surface area (Å²) in [6, 6.07) is 10.2. The minimum Gasteiger partial charge on any atom is -0.484 e. The number of nitrogens with zero attached hydrogens (tertiary/aromatic N) is 2. The monoisotopic (exact) mass is 390 g/mol. The normalized spacial score (nSPS) is 11.2. The molecule has 0 aliphatic rings. The Balaban J connectivity index is 1.62. The van der Waals surface area contributed by atoms with E-state index in [1.165, 1.54) is 6.08 Å². The van der Waals surface area contributed by atoms with Crippen LogP contribution in [0.1, 0.15) is 28.9 Å². The van der Waals surface area contributed by atoms with Crippen molar-refractivity contribution in [2.24, 2.45) is 0 Å².